The second kappa shape index (κ2) is 12.2. The van der Waals surface area contributed by atoms with Gasteiger partial charge in [0.25, 0.3) is 0 Å². The average molecular weight is 580 g/mol. The summed E-state index contributed by atoms with van der Waals surface area (Å²) in [6, 6.07) is 22.2. The Kier molecular flexibility index (Phi) is 8.07. The Morgan fingerprint density at radius 2 is 1.81 bits per heavy atom. The Bertz CT molecular complexity index is 1510. The van der Waals surface area contributed by atoms with E-state index in [1.807, 2.05) is 57.4 Å². The monoisotopic (exact) mass is 579 g/mol. The number of para-hydroxylation sites is 1. The van der Waals surface area contributed by atoms with Crippen molar-refractivity contribution in [2.75, 3.05) is 26.2 Å². The molecule has 0 spiro atoms. The molecule has 43 heavy (non-hydrogen) atoms. The number of rotatable bonds is 10. The predicted octanol–water partition coefficient (Wildman–Crippen LogP) is 3.41. The van der Waals surface area contributed by atoms with Crippen LogP contribution in [0.15, 0.2) is 97.9 Å². The van der Waals surface area contributed by atoms with Gasteiger partial charge in [0.2, 0.25) is 11.8 Å². The van der Waals surface area contributed by atoms with Crippen LogP contribution >= 0.6 is 0 Å². The fourth-order valence-corrected chi connectivity index (χ4v) is 6.28. The first-order valence-corrected chi connectivity index (χ1v) is 14.7. The first-order chi connectivity index (χ1) is 20.9. The summed E-state index contributed by atoms with van der Waals surface area (Å²) in [5.74, 6) is 1.39. The van der Waals surface area contributed by atoms with Gasteiger partial charge in [-0.2, -0.15) is 0 Å². The van der Waals surface area contributed by atoms with Gasteiger partial charge in [-0.05, 0) is 28.8 Å². The lowest BCUT2D eigenvalue weighted by molar-refractivity contribution is -0.194. The number of hydrogen-bond donors (Lipinski definition) is 2. The Morgan fingerprint density at radius 1 is 1.02 bits per heavy atom. The molecule has 0 aliphatic carbocycles. The molecule has 0 bridgehead atoms. The molecule has 0 saturated carbocycles. The van der Waals surface area contributed by atoms with Crippen LogP contribution in [0, 0.1) is 0 Å². The van der Waals surface area contributed by atoms with Crippen LogP contribution in [0.4, 0.5) is 0 Å². The molecule has 2 amide bonds. The minimum Gasteiger partial charge on any atom is -0.508 e. The number of carbonyl (C=O) groups excluding carboxylic acids is 2. The molecule has 3 heterocycles. The highest BCUT2D eigenvalue weighted by molar-refractivity contribution is 5.90. The summed E-state index contributed by atoms with van der Waals surface area (Å²) in [7, 11) is 0. The van der Waals surface area contributed by atoms with E-state index in [1.54, 1.807) is 35.2 Å². The second-order valence-electron chi connectivity index (χ2n) is 11.2. The summed E-state index contributed by atoms with van der Waals surface area (Å²) in [5.41, 5.74) is 4.06. The zero-order valence-electron chi connectivity index (χ0n) is 24.2. The zero-order valence-corrected chi connectivity index (χ0v) is 24.2. The standard InChI is InChI=1S/C34H37N5O4/c1-3-17-37-23-32(41)38-30(19-25-12-14-29(40)15-13-25)34(42)36(21-28-11-7-10-27-16-18-43-33(27)28)22-31(38)39(37)24(2)35-20-26-8-5-4-6-9-26/h3-15,30-31,35,40H,1-2,16-23H2/t30-,31-/m0/s1. The second-order valence-corrected chi connectivity index (χ2v) is 11.2. The molecule has 3 aromatic carbocycles. The predicted molar refractivity (Wildman–Crippen MR) is 163 cm³/mol. The Labute approximate surface area is 252 Å². The van der Waals surface area contributed by atoms with Crippen molar-refractivity contribution in [2.24, 2.45) is 0 Å². The van der Waals surface area contributed by atoms with Gasteiger partial charge in [-0.1, -0.05) is 73.3 Å². The summed E-state index contributed by atoms with van der Waals surface area (Å²) in [6.45, 7) is 10.7. The molecule has 9 nitrogen and oxygen atoms in total. The van der Waals surface area contributed by atoms with Gasteiger partial charge in [0.15, 0.2) is 0 Å². The van der Waals surface area contributed by atoms with E-state index < -0.39 is 12.2 Å². The first kappa shape index (κ1) is 28.4. The van der Waals surface area contributed by atoms with Crippen molar-refractivity contribution in [2.45, 2.75) is 38.1 Å². The van der Waals surface area contributed by atoms with Crippen LogP contribution in [0.25, 0.3) is 0 Å². The topological polar surface area (TPSA) is 88.6 Å². The number of hydrazine groups is 1. The SMILES string of the molecule is C=CCN1CC(=O)N2[C@@H](Cc3ccc(O)cc3)C(=O)N(Cc3cccc4c3OCC4)C[C@@H]2N1C(=C)NCc1ccccc1. The molecule has 2 atom stereocenters. The van der Waals surface area contributed by atoms with Crippen LogP contribution in [0.3, 0.4) is 0 Å². The zero-order chi connectivity index (χ0) is 29.9. The number of hydrogen-bond acceptors (Lipinski definition) is 7. The van der Waals surface area contributed by atoms with Crippen molar-refractivity contribution in [3.8, 4) is 11.5 Å². The third-order valence-electron chi connectivity index (χ3n) is 8.31. The van der Waals surface area contributed by atoms with Crippen molar-refractivity contribution in [3.63, 3.8) is 0 Å². The minimum atomic E-state index is -0.733. The van der Waals surface area contributed by atoms with Crippen molar-refractivity contribution >= 4 is 11.8 Å². The molecule has 2 N–H and O–H groups in total. The number of benzene rings is 3. The van der Waals surface area contributed by atoms with Crippen LogP contribution in [-0.2, 0) is 35.5 Å². The molecule has 0 radical (unpaired) electrons. The molecule has 9 heteroatoms. The number of phenolic OH excluding ortho intramolecular Hbond substituents is 1. The van der Waals surface area contributed by atoms with Gasteiger partial charge in [0.1, 0.15) is 29.5 Å². The van der Waals surface area contributed by atoms with E-state index in [9.17, 15) is 14.7 Å². The highest BCUT2D eigenvalue weighted by Crippen LogP contribution is 2.34. The molecule has 0 aromatic heterocycles. The van der Waals surface area contributed by atoms with Gasteiger partial charge in [-0.25, -0.2) is 5.01 Å². The number of amides is 2. The number of carbonyl (C=O) groups is 2. The van der Waals surface area contributed by atoms with Crippen LogP contribution in [-0.4, -0.2) is 75.2 Å². The quantitative estimate of drug-likeness (QED) is 0.356. The van der Waals surface area contributed by atoms with Gasteiger partial charge in [0.05, 0.1) is 19.7 Å². The molecule has 3 aliphatic heterocycles. The van der Waals surface area contributed by atoms with Gasteiger partial charge in [0, 0.05) is 38.0 Å². The highest BCUT2D eigenvalue weighted by atomic mass is 16.5. The Morgan fingerprint density at radius 3 is 2.58 bits per heavy atom. The van der Waals surface area contributed by atoms with Crippen molar-refractivity contribution in [1.29, 1.82) is 0 Å². The lowest BCUT2D eigenvalue weighted by Gasteiger charge is -2.56. The fourth-order valence-electron chi connectivity index (χ4n) is 6.28. The minimum absolute atomic E-state index is 0.0912. The molecular weight excluding hydrogens is 542 g/mol. The van der Waals surface area contributed by atoms with Gasteiger partial charge in [-0.3, -0.25) is 14.6 Å². The molecule has 222 valence electrons. The van der Waals surface area contributed by atoms with E-state index in [-0.39, 0.29) is 24.1 Å². The summed E-state index contributed by atoms with van der Waals surface area (Å²) >= 11 is 0. The average Bonchev–Trinajstić information content (AvgIpc) is 3.50. The van der Waals surface area contributed by atoms with Crippen LogP contribution in [0.5, 0.6) is 11.5 Å². The molecular formula is C34H37N5O4. The van der Waals surface area contributed by atoms with Crippen LogP contribution in [0.2, 0.25) is 0 Å². The fraction of sp³-hybridized carbons (Fsp3) is 0.294. The maximum Gasteiger partial charge on any atom is 0.246 e. The Balaban J connectivity index is 1.35. The van der Waals surface area contributed by atoms with E-state index in [1.165, 1.54) is 0 Å². The van der Waals surface area contributed by atoms with Crippen molar-refractivity contribution in [1.82, 2.24) is 25.1 Å². The lowest BCUT2D eigenvalue weighted by atomic mass is 9.98. The number of aromatic hydroxyl groups is 1. The summed E-state index contributed by atoms with van der Waals surface area (Å²) in [4.78, 5) is 31.6. The number of nitrogens with zero attached hydrogens (tertiary/aromatic N) is 4. The first-order valence-electron chi connectivity index (χ1n) is 14.7. The molecule has 2 fully saturated rings. The molecule has 3 aliphatic rings. The van der Waals surface area contributed by atoms with E-state index in [4.69, 9.17) is 4.74 Å². The summed E-state index contributed by atoms with van der Waals surface area (Å²) in [5, 5.41) is 17.2. The van der Waals surface area contributed by atoms with Gasteiger partial charge in [-0.15, -0.1) is 6.58 Å². The number of fused-ring (bicyclic) bond motifs is 2. The lowest BCUT2D eigenvalue weighted by Crippen LogP contribution is -2.75. The summed E-state index contributed by atoms with van der Waals surface area (Å²) < 4.78 is 5.97. The van der Waals surface area contributed by atoms with Gasteiger partial charge < -0.3 is 25.0 Å². The van der Waals surface area contributed by atoms with Crippen molar-refractivity contribution in [3.05, 3.63) is 120 Å². The van der Waals surface area contributed by atoms with E-state index in [2.05, 4.69) is 24.5 Å². The molecule has 2 saturated heterocycles. The number of nitrogens with one attached hydrogen (secondary N) is 1. The smallest absolute Gasteiger partial charge is 0.246 e. The Hall–Kier alpha value is -4.76. The largest absolute Gasteiger partial charge is 0.508 e. The van der Waals surface area contributed by atoms with Crippen LogP contribution in [0.1, 0.15) is 22.3 Å². The van der Waals surface area contributed by atoms with Gasteiger partial charge >= 0.3 is 0 Å². The highest BCUT2D eigenvalue weighted by Gasteiger charge is 2.50. The normalized spacial score (nSPS) is 20.0. The summed E-state index contributed by atoms with van der Waals surface area (Å²) in [6.07, 6.45) is 2.45. The number of piperazine rings is 1. The van der Waals surface area contributed by atoms with E-state index >= 15 is 0 Å². The van der Waals surface area contributed by atoms with E-state index in [0.717, 1.165) is 34.4 Å². The van der Waals surface area contributed by atoms with Crippen LogP contribution < -0.4 is 10.1 Å². The molecule has 0 unspecified atom stereocenters. The molecule has 6 rings (SSSR count). The third-order valence-corrected chi connectivity index (χ3v) is 8.31. The maximum absolute atomic E-state index is 14.3. The maximum atomic E-state index is 14.3. The van der Waals surface area contributed by atoms with Crippen molar-refractivity contribution < 1.29 is 19.4 Å². The molecule has 3 aromatic rings. The van der Waals surface area contributed by atoms with E-state index in [0.29, 0.717) is 45.0 Å². The third kappa shape index (κ3) is 5.81. The number of ether oxygens (including phenoxy) is 1. The number of phenols is 1.